The Balaban J connectivity index is 1.54. The zero-order valence-corrected chi connectivity index (χ0v) is 15.6. The molecule has 0 radical (unpaired) electrons. The minimum absolute atomic E-state index is 0.387. The number of nitrogens with one attached hydrogen (secondary N) is 2. The topological polar surface area (TPSA) is 71.7 Å². The van der Waals surface area contributed by atoms with Crippen molar-refractivity contribution in [3.8, 4) is 11.5 Å². The van der Waals surface area contributed by atoms with Crippen LogP contribution in [0.5, 0.6) is 0 Å². The lowest BCUT2D eigenvalue weighted by Crippen LogP contribution is -2.38. The average molecular weight is 356 g/mol. The summed E-state index contributed by atoms with van der Waals surface area (Å²) in [4.78, 5) is 9.14. The minimum Gasteiger partial charge on any atom is -0.444 e. The van der Waals surface area contributed by atoms with Crippen molar-refractivity contribution in [3.05, 3.63) is 41.8 Å². The lowest BCUT2D eigenvalue weighted by atomic mass is 10.1. The Morgan fingerprint density at radius 2 is 2.12 bits per heavy atom. The number of nitrogens with zero attached hydrogens (tertiary/aromatic N) is 2. The molecule has 0 amide bonds. The van der Waals surface area contributed by atoms with Gasteiger partial charge in [0.05, 0.1) is 12.6 Å². The Bertz CT molecular complexity index is 703. The fourth-order valence-corrected chi connectivity index (χ4v) is 2.93. The molecule has 1 unspecified atom stereocenters. The molecule has 26 heavy (non-hydrogen) atoms. The second-order valence-corrected chi connectivity index (χ2v) is 6.56. The third-order valence-corrected chi connectivity index (χ3v) is 4.38. The summed E-state index contributed by atoms with van der Waals surface area (Å²) in [5.41, 5.74) is 3.01. The van der Waals surface area contributed by atoms with Gasteiger partial charge in [-0.3, -0.25) is 0 Å². The van der Waals surface area contributed by atoms with Gasteiger partial charge in [0.2, 0.25) is 5.89 Å². The molecule has 2 N–H and O–H groups in total. The molecule has 0 bridgehead atoms. The number of oxazole rings is 1. The van der Waals surface area contributed by atoms with Crippen LogP contribution in [0.25, 0.3) is 11.5 Å². The number of benzene rings is 1. The van der Waals surface area contributed by atoms with Gasteiger partial charge in [-0.1, -0.05) is 17.7 Å². The van der Waals surface area contributed by atoms with Crippen molar-refractivity contribution in [1.82, 2.24) is 15.6 Å². The largest absolute Gasteiger partial charge is 0.444 e. The molecule has 1 aliphatic rings. The maximum absolute atomic E-state index is 5.65. The molecule has 1 atom stereocenters. The molecule has 2 aromatic rings. The maximum Gasteiger partial charge on any atom is 0.226 e. The fraction of sp³-hybridized carbons (Fsp3) is 0.500. The van der Waals surface area contributed by atoms with Gasteiger partial charge < -0.3 is 19.8 Å². The van der Waals surface area contributed by atoms with E-state index in [0.717, 1.165) is 49.8 Å². The van der Waals surface area contributed by atoms with Crippen LogP contribution < -0.4 is 10.6 Å². The summed E-state index contributed by atoms with van der Waals surface area (Å²) >= 11 is 0. The summed E-state index contributed by atoms with van der Waals surface area (Å²) in [6, 6.07) is 8.15. The monoisotopic (exact) mass is 356 g/mol. The minimum atomic E-state index is 0.387. The summed E-state index contributed by atoms with van der Waals surface area (Å²) in [6.07, 6.45) is 5.41. The standard InChI is InChI=1S/C20H28N4O2/c1-3-21-20(22-11-10-18-5-4-12-25-18)23-13-17-14-26-19(24-17)16-8-6-15(2)7-9-16/h6-9,14,18H,3-5,10-13H2,1-2H3,(H2,21,22,23). The molecule has 0 saturated carbocycles. The summed E-state index contributed by atoms with van der Waals surface area (Å²) in [5.74, 6) is 1.43. The number of ether oxygens (including phenoxy) is 1. The molecule has 1 aromatic carbocycles. The number of rotatable bonds is 7. The Morgan fingerprint density at radius 3 is 2.85 bits per heavy atom. The Hall–Kier alpha value is -2.34. The second kappa shape index (κ2) is 9.38. The van der Waals surface area contributed by atoms with E-state index in [0.29, 0.717) is 18.5 Å². The summed E-state index contributed by atoms with van der Waals surface area (Å²) in [5, 5.41) is 6.63. The first-order valence-corrected chi connectivity index (χ1v) is 9.40. The van der Waals surface area contributed by atoms with E-state index in [1.807, 2.05) is 12.1 Å². The molecule has 0 spiro atoms. The zero-order valence-electron chi connectivity index (χ0n) is 15.6. The van der Waals surface area contributed by atoms with Crippen LogP contribution in [0, 0.1) is 6.92 Å². The normalized spacial score (nSPS) is 17.5. The molecule has 6 heteroatoms. The van der Waals surface area contributed by atoms with Crippen LogP contribution in [0.3, 0.4) is 0 Å². The average Bonchev–Trinajstić information content (AvgIpc) is 3.32. The van der Waals surface area contributed by atoms with Gasteiger partial charge in [-0.05, 0) is 45.2 Å². The van der Waals surface area contributed by atoms with E-state index >= 15 is 0 Å². The molecular formula is C20H28N4O2. The van der Waals surface area contributed by atoms with Gasteiger partial charge in [-0.25, -0.2) is 9.98 Å². The van der Waals surface area contributed by atoms with Gasteiger partial charge in [0.1, 0.15) is 12.0 Å². The Labute approximate surface area is 155 Å². The van der Waals surface area contributed by atoms with Crippen molar-refractivity contribution in [1.29, 1.82) is 0 Å². The van der Waals surface area contributed by atoms with Crippen molar-refractivity contribution in [3.63, 3.8) is 0 Å². The van der Waals surface area contributed by atoms with Crippen molar-refractivity contribution in [2.45, 2.75) is 45.8 Å². The van der Waals surface area contributed by atoms with Crippen LogP contribution in [0.2, 0.25) is 0 Å². The molecule has 1 aliphatic heterocycles. The van der Waals surface area contributed by atoms with E-state index < -0.39 is 0 Å². The highest BCUT2D eigenvalue weighted by molar-refractivity contribution is 5.79. The summed E-state index contributed by atoms with van der Waals surface area (Å²) in [7, 11) is 0. The van der Waals surface area contributed by atoms with Crippen LogP contribution >= 0.6 is 0 Å². The predicted molar refractivity (Wildman–Crippen MR) is 103 cm³/mol. The van der Waals surface area contributed by atoms with E-state index in [4.69, 9.17) is 9.15 Å². The smallest absolute Gasteiger partial charge is 0.226 e. The van der Waals surface area contributed by atoms with Crippen LogP contribution in [0.4, 0.5) is 0 Å². The van der Waals surface area contributed by atoms with Gasteiger partial charge in [-0.2, -0.15) is 0 Å². The van der Waals surface area contributed by atoms with Crippen molar-refractivity contribution in [2.24, 2.45) is 4.99 Å². The third-order valence-electron chi connectivity index (χ3n) is 4.38. The number of hydrogen-bond donors (Lipinski definition) is 2. The van der Waals surface area contributed by atoms with E-state index in [2.05, 4.69) is 46.6 Å². The van der Waals surface area contributed by atoms with Crippen LogP contribution in [-0.4, -0.2) is 36.7 Å². The van der Waals surface area contributed by atoms with Gasteiger partial charge in [0, 0.05) is 25.3 Å². The van der Waals surface area contributed by atoms with Gasteiger partial charge in [-0.15, -0.1) is 0 Å². The zero-order chi connectivity index (χ0) is 18.2. The van der Waals surface area contributed by atoms with Gasteiger partial charge >= 0.3 is 0 Å². The van der Waals surface area contributed by atoms with Gasteiger partial charge in [0.25, 0.3) is 0 Å². The van der Waals surface area contributed by atoms with Crippen molar-refractivity contribution in [2.75, 3.05) is 19.7 Å². The first-order chi connectivity index (χ1) is 12.7. The van der Waals surface area contributed by atoms with Crippen LogP contribution in [-0.2, 0) is 11.3 Å². The number of aromatic nitrogens is 1. The first kappa shape index (κ1) is 18.5. The van der Waals surface area contributed by atoms with Crippen molar-refractivity contribution >= 4 is 5.96 Å². The predicted octanol–water partition coefficient (Wildman–Crippen LogP) is 3.27. The van der Waals surface area contributed by atoms with E-state index in [9.17, 15) is 0 Å². The number of hydrogen-bond acceptors (Lipinski definition) is 4. The molecule has 3 rings (SSSR count). The molecule has 6 nitrogen and oxygen atoms in total. The quantitative estimate of drug-likeness (QED) is 0.588. The third kappa shape index (κ3) is 5.33. The van der Waals surface area contributed by atoms with Gasteiger partial charge in [0.15, 0.2) is 5.96 Å². The van der Waals surface area contributed by atoms with E-state index in [1.54, 1.807) is 6.26 Å². The first-order valence-electron chi connectivity index (χ1n) is 9.40. The summed E-state index contributed by atoms with van der Waals surface area (Å²) < 4.78 is 11.2. The highest BCUT2D eigenvalue weighted by Gasteiger charge is 2.14. The Morgan fingerprint density at radius 1 is 1.27 bits per heavy atom. The molecular weight excluding hydrogens is 328 g/mol. The molecule has 1 fully saturated rings. The van der Waals surface area contributed by atoms with E-state index in [-0.39, 0.29) is 0 Å². The number of guanidine groups is 1. The molecule has 0 aliphatic carbocycles. The number of aliphatic imine (C=N–C) groups is 1. The van der Waals surface area contributed by atoms with E-state index in [1.165, 1.54) is 12.0 Å². The molecule has 1 aromatic heterocycles. The number of aryl methyl sites for hydroxylation is 1. The lowest BCUT2D eigenvalue weighted by Gasteiger charge is -2.13. The maximum atomic E-state index is 5.65. The second-order valence-electron chi connectivity index (χ2n) is 6.56. The van der Waals surface area contributed by atoms with Crippen molar-refractivity contribution < 1.29 is 9.15 Å². The molecule has 2 heterocycles. The SMILES string of the molecule is CCNC(=NCc1coc(-c2ccc(C)cc2)n1)NCCC1CCCO1. The highest BCUT2D eigenvalue weighted by Crippen LogP contribution is 2.19. The Kier molecular flexibility index (Phi) is 6.66. The van der Waals surface area contributed by atoms with Crippen LogP contribution in [0.15, 0.2) is 39.9 Å². The summed E-state index contributed by atoms with van der Waals surface area (Å²) in [6.45, 7) is 7.17. The highest BCUT2D eigenvalue weighted by atomic mass is 16.5. The molecule has 1 saturated heterocycles. The molecule has 140 valence electrons. The lowest BCUT2D eigenvalue weighted by molar-refractivity contribution is 0.105. The van der Waals surface area contributed by atoms with Crippen LogP contribution in [0.1, 0.15) is 37.4 Å². The fourth-order valence-electron chi connectivity index (χ4n) is 2.93.